The summed E-state index contributed by atoms with van der Waals surface area (Å²) in [4.78, 5) is 24.9. The Kier molecular flexibility index (Phi) is 8.12. The number of nitrogens with two attached hydrogens (primary N) is 1. The van der Waals surface area contributed by atoms with Gasteiger partial charge in [-0.2, -0.15) is 0 Å². The Bertz CT molecular complexity index is 518. The van der Waals surface area contributed by atoms with Crippen LogP contribution in [0.25, 0.3) is 0 Å². The summed E-state index contributed by atoms with van der Waals surface area (Å²) >= 11 is 0. The Hall–Kier alpha value is -1.59. The van der Waals surface area contributed by atoms with Crippen molar-refractivity contribution in [2.45, 2.75) is 20.8 Å². The van der Waals surface area contributed by atoms with Crippen molar-refractivity contribution in [1.82, 2.24) is 4.90 Å². The van der Waals surface area contributed by atoms with Gasteiger partial charge in [0.05, 0.1) is 0 Å². The SMILES string of the molecule is CC(=O)c1cccc(OCC(=O)N(C)CC(C)(C)CN)c1.Cl. The van der Waals surface area contributed by atoms with Crippen molar-refractivity contribution in [3.63, 3.8) is 0 Å². The van der Waals surface area contributed by atoms with Crippen molar-refractivity contribution < 1.29 is 14.3 Å². The molecule has 0 aliphatic heterocycles. The van der Waals surface area contributed by atoms with Crippen molar-refractivity contribution in [3.05, 3.63) is 29.8 Å². The number of amides is 1. The molecule has 0 aliphatic rings. The number of benzene rings is 1. The molecule has 0 spiro atoms. The normalized spacial score (nSPS) is 10.6. The highest BCUT2D eigenvalue weighted by Gasteiger charge is 2.21. The summed E-state index contributed by atoms with van der Waals surface area (Å²) in [6.45, 7) is 6.53. The van der Waals surface area contributed by atoms with Crippen LogP contribution in [0.1, 0.15) is 31.1 Å². The van der Waals surface area contributed by atoms with Gasteiger partial charge in [-0.1, -0.05) is 26.0 Å². The molecule has 5 nitrogen and oxygen atoms in total. The van der Waals surface area contributed by atoms with Crippen LogP contribution < -0.4 is 10.5 Å². The third kappa shape index (κ3) is 6.45. The fourth-order valence-corrected chi connectivity index (χ4v) is 1.85. The van der Waals surface area contributed by atoms with E-state index in [9.17, 15) is 9.59 Å². The number of Topliss-reactive ketones (excluding diaryl/α,β-unsaturated/α-hetero) is 1. The number of carbonyl (C=O) groups is 2. The van der Waals surface area contributed by atoms with Crippen molar-refractivity contribution in [3.8, 4) is 5.75 Å². The summed E-state index contributed by atoms with van der Waals surface area (Å²) < 4.78 is 5.45. The number of ether oxygens (including phenoxy) is 1. The minimum Gasteiger partial charge on any atom is -0.484 e. The molecule has 0 heterocycles. The van der Waals surface area contributed by atoms with Crippen molar-refractivity contribution >= 4 is 24.1 Å². The number of nitrogens with zero attached hydrogens (tertiary/aromatic N) is 1. The van der Waals surface area contributed by atoms with Gasteiger partial charge in [0.25, 0.3) is 5.91 Å². The van der Waals surface area contributed by atoms with Gasteiger partial charge < -0.3 is 15.4 Å². The molecule has 0 radical (unpaired) electrons. The van der Waals surface area contributed by atoms with Gasteiger partial charge in [0.1, 0.15) is 5.75 Å². The zero-order chi connectivity index (χ0) is 16.0. The lowest BCUT2D eigenvalue weighted by Crippen LogP contribution is -2.41. The maximum atomic E-state index is 12.0. The molecule has 0 bridgehead atoms. The Morgan fingerprint density at radius 2 is 1.95 bits per heavy atom. The Morgan fingerprint density at radius 3 is 2.50 bits per heavy atom. The van der Waals surface area contributed by atoms with Gasteiger partial charge in [-0.25, -0.2) is 0 Å². The van der Waals surface area contributed by atoms with E-state index in [-0.39, 0.29) is 36.1 Å². The molecule has 0 aromatic heterocycles. The molecule has 0 unspecified atom stereocenters. The van der Waals surface area contributed by atoms with E-state index in [1.54, 1.807) is 36.2 Å². The topological polar surface area (TPSA) is 72.6 Å². The predicted octanol–water partition coefficient (Wildman–Crippen LogP) is 2.13. The highest BCUT2D eigenvalue weighted by Crippen LogP contribution is 2.16. The molecule has 6 heteroatoms. The number of hydrogen-bond acceptors (Lipinski definition) is 4. The van der Waals surface area contributed by atoms with E-state index in [0.29, 0.717) is 24.4 Å². The molecule has 0 saturated heterocycles. The maximum absolute atomic E-state index is 12.0. The summed E-state index contributed by atoms with van der Waals surface area (Å²) in [5, 5.41) is 0. The van der Waals surface area contributed by atoms with Gasteiger partial charge in [0, 0.05) is 19.2 Å². The lowest BCUT2D eigenvalue weighted by atomic mass is 9.93. The summed E-state index contributed by atoms with van der Waals surface area (Å²) in [7, 11) is 1.73. The number of likely N-dealkylation sites (N-methyl/N-ethyl adjacent to an activating group) is 1. The molecule has 1 aromatic rings. The number of hydrogen-bond donors (Lipinski definition) is 1. The highest BCUT2D eigenvalue weighted by atomic mass is 35.5. The van der Waals surface area contributed by atoms with Crippen LogP contribution in [0.5, 0.6) is 5.75 Å². The number of halogens is 1. The van der Waals surface area contributed by atoms with E-state index in [0.717, 1.165) is 0 Å². The van der Waals surface area contributed by atoms with Crippen LogP contribution in [0.2, 0.25) is 0 Å². The molecule has 0 aliphatic carbocycles. The number of rotatable bonds is 7. The van der Waals surface area contributed by atoms with E-state index >= 15 is 0 Å². The van der Waals surface area contributed by atoms with Crippen LogP contribution in [-0.2, 0) is 4.79 Å². The minimum absolute atomic E-state index is 0. The van der Waals surface area contributed by atoms with Gasteiger partial charge in [0.2, 0.25) is 0 Å². The molecule has 0 atom stereocenters. The van der Waals surface area contributed by atoms with Gasteiger partial charge >= 0.3 is 0 Å². The summed E-state index contributed by atoms with van der Waals surface area (Å²) in [6, 6.07) is 6.81. The minimum atomic E-state index is -0.126. The molecule has 2 N–H and O–H groups in total. The van der Waals surface area contributed by atoms with Crippen molar-refractivity contribution in [2.75, 3.05) is 26.7 Å². The first-order chi connectivity index (χ1) is 9.75. The van der Waals surface area contributed by atoms with Crippen LogP contribution in [0, 0.1) is 5.41 Å². The average molecular weight is 329 g/mol. The lowest BCUT2D eigenvalue weighted by Gasteiger charge is -2.29. The van der Waals surface area contributed by atoms with Gasteiger partial charge in [-0.3, -0.25) is 9.59 Å². The van der Waals surface area contributed by atoms with Crippen molar-refractivity contribution in [1.29, 1.82) is 0 Å². The second-order valence-electron chi connectivity index (χ2n) is 5.99. The maximum Gasteiger partial charge on any atom is 0.260 e. The fraction of sp³-hybridized carbons (Fsp3) is 0.500. The Labute approximate surface area is 138 Å². The van der Waals surface area contributed by atoms with Crippen LogP contribution in [0.15, 0.2) is 24.3 Å². The van der Waals surface area contributed by atoms with E-state index < -0.39 is 0 Å². The monoisotopic (exact) mass is 328 g/mol. The predicted molar refractivity (Wildman–Crippen MR) is 89.7 cm³/mol. The zero-order valence-corrected chi connectivity index (χ0v) is 14.4. The zero-order valence-electron chi connectivity index (χ0n) is 13.6. The molecule has 1 amide bonds. The largest absolute Gasteiger partial charge is 0.484 e. The molecule has 0 saturated carbocycles. The standard InChI is InChI=1S/C16H24N2O3.ClH/c1-12(19)13-6-5-7-14(8-13)21-9-15(20)18(4)11-16(2,3)10-17;/h5-8H,9-11,17H2,1-4H3;1H. The first-order valence-electron chi connectivity index (χ1n) is 6.93. The van der Waals surface area contributed by atoms with Crippen molar-refractivity contribution in [2.24, 2.45) is 11.1 Å². The van der Waals surface area contributed by atoms with Crippen LogP contribution in [0.4, 0.5) is 0 Å². The second-order valence-corrected chi connectivity index (χ2v) is 5.99. The lowest BCUT2D eigenvalue weighted by molar-refractivity contribution is -0.133. The van der Waals surface area contributed by atoms with E-state index in [1.165, 1.54) is 6.92 Å². The van der Waals surface area contributed by atoms with Crippen LogP contribution in [-0.4, -0.2) is 43.3 Å². The molecule has 0 fully saturated rings. The number of carbonyl (C=O) groups excluding carboxylic acids is 2. The van der Waals surface area contributed by atoms with E-state index in [2.05, 4.69) is 0 Å². The Morgan fingerprint density at radius 1 is 1.32 bits per heavy atom. The quantitative estimate of drug-likeness (QED) is 0.778. The summed E-state index contributed by atoms with van der Waals surface area (Å²) in [5.74, 6) is 0.362. The molecule has 22 heavy (non-hydrogen) atoms. The summed E-state index contributed by atoms with van der Waals surface area (Å²) in [5.41, 5.74) is 6.10. The van der Waals surface area contributed by atoms with Gasteiger partial charge in [-0.15, -0.1) is 12.4 Å². The fourth-order valence-electron chi connectivity index (χ4n) is 1.85. The Balaban J connectivity index is 0.00000441. The molecule has 1 rings (SSSR count). The smallest absolute Gasteiger partial charge is 0.260 e. The second kappa shape index (κ2) is 8.76. The van der Waals surface area contributed by atoms with Crippen LogP contribution in [0.3, 0.4) is 0 Å². The third-order valence-electron chi connectivity index (χ3n) is 3.25. The first kappa shape index (κ1) is 20.4. The summed E-state index contributed by atoms with van der Waals surface area (Å²) in [6.07, 6.45) is 0. The van der Waals surface area contributed by atoms with E-state index in [1.807, 2.05) is 13.8 Å². The molecular weight excluding hydrogens is 304 g/mol. The number of ketones is 1. The highest BCUT2D eigenvalue weighted by molar-refractivity contribution is 5.94. The molecule has 1 aromatic carbocycles. The third-order valence-corrected chi connectivity index (χ3v) is 3.25. The van der Waals surface area contributed by atoms with Crippen LogP contribution >= 0.6 is 12.4 Å². The molecule has 124 valence electrons. The average Bonchev–Trinajstić information content (AvgIpc) is 2.44. The first-order valence-corrected chi connectivity index (χ1v) is 6.93. The van der Waals surface area contributed by atoms with Gasteiger partial charge in [0.15, 0.2) is 12.4 Å². The molecular formula is C16H25ClN2O3. The van der Waals surface area contributed by atoms with Gasteiger partial charge in [-0.05, 0) is 31.0 Å². The van der Waals surface area contributed by atoms with E-state index in [4.69, 9.17) is 10.5 Å².